The van der Waals surface area contributed by atoms with Gasteiger partial charge < -0.3 is 14.3 Å². The molecule has 18 heavy (non-hydrogen) atoms. The zero-order valence-corrected chi connectivity index (χ0v) is 12.7. The van der Waals surface area contributed by atoms with Crippen LogP contribution in [-0.4, -0.2) is 50.0 Å². The monoisotopic (exact) mass is 261 g/mol. The fourth-order valence-electron chi connectivity index (χ4n) is 1.31. The van der Waals surface area contributed by atoms with E-state index in [9.17, 15) is 4.79 Å². The summed E-state index contributed by atoms with van der Waals surface area (Å²) in [5.74, 6) is -0.295. The van der Waals surface area contributed by atoms with Crippen molar-refractivity contribution in [3.05, 3.63) is 0 Å². The SMILES string of the molecule is COC(C)(C)CCOC(C)(C)CC(=O)ON(C)C. The van der Waals surface area contributed by atoms with Crippen molar-refractivity contribution < 1.29 is 19.1 Å². The van der Waals surface area contributed by atoms with Gasteiger partial charge in [0.15, 0.2) is 0 Å². The van der Waals surface area contributed by atoms with Gasteiger partial charge in [0.2, 0.25) is 0 Å². The number of ether oxygens (including phenoxy) is 2. The number of carbonyl (C=O) groups excluding carboxylic acids is 1. The third kappa shape index (κ3) is 8.44. The second-order valence-corrected chi connectivity index (χ2v) is 5.77. The first-order chi connectivity index (χ1) is 8.08. The Hall–Kier alpha value is -0.650. The molecule has 0 aromatic rings. The fourth-order valence-corrected chi connectivity index (χ4v) is 1.31. The van der Waals surface area contributed by atoms with Gasteiger partial charge in [-0.2, -0.15) is 0 Å². The van der Waals surface area contributed by atoms with Crippen LogP contribution in [0.3, 0.4) is 0 Å². The quantitative estimate of drug-likeness (QED) is 0.625. The predicted octanol–water partition coefficient (Wildman–Crippen LogP) is 2.01. The molecule has 0 unspecified atom stereocenters. The van der Waals surface area contributed by atoms with Gasteiger partial charge >= 0.3 is 5.97 Å². The predicted molar refractivity (Wildman–Crippen MR) is 70.1 cm³/mol. The van der Waals surface area contributed by atoms with E-state index in [0.29, 0.717) is 6.61 Å². The molecule has 0 aliphatic rings. The fraction of sp³-hybridized carbons (Fsp3) is 0.923. The van der Waals surface area contributed by atoms with Crippen LogP contribution in [0.25, 0.3) is 0 Å². The van der Waals surface area contributed by atoms with Crippen LogP contribution < -0.4 is 0 Å². The number of hydrogen-bond donors (Lipinski definition) is 0. The Bertz CT molecular complexity index is 262. The van der Waals surface area contributed by atoms with Crippen molar-refractivity contribution in [1.29, 1.82) is 0 Å². The minimum atomic E-state index is -0.531. The summed E-state index contributed by atoms with van der Waals surface area (Å²) >= 11 is 0. The maximum Gasteiger partial charge on any atom is 0.327 e. The molecule has 5 heteroatoms. The zero-order valence-electron chi connectivity index (χ0n) is 12.7. The van der Waals surface area contributed by atoms with Crippen LogP contribution in [0.4, 0.5) is 0 Å². The summed E-state index contributed by atoms with van der Waals surface area (Å²) in [4.78, 5) is 16.5. The van der Waals surface area contributed by atoms with Gasteiger partial charge in [0.25, 0.3) is 0 Å². The van der Waals surface area contributed by atoms with Gasteiger partial charge in [0.05, 0.1) is 24.2 Å². The van der Waals surface area contributed by atoms with Gasteiger partial charge in [-0.3, -0.25) is 4.79 Å². The number of nitrogens with zero attached hydrogens (tertiary/aromatic N) is 1. The summed E-state index contributed by atoms with van der Waals surface area (Å²) in [6.07, 6.45) is 0.994. The molecule has 0 bridgehead atoms. The summed E-state index contributed by atoms with van der Waals surface area (Å²) < 4.78 is 11.0. The molecule has 0 aliphatic heterocycles. The molecule has 0 fully saturated rings. The number of carbonyl (C=O) groups is 1. The van der Waals surface area contributed by atoms with Crippen molar-refractivity contribution in [2.75, 3.05) is 27.8 Å². The Morgan fingerprint density at radius 1 is 1.11 bits per heavy atom. The molecule has 0 aromatic carbocycles. The largest absolute Gasteiger partial charge is 0.379 e. The van der Waals surface area contributed by atoms with Crippen molar-refractivity contribution >= 4 is 5.97 Å². The Morgan fingerprint density at radius 3 is 2.11 bits per heavy atom. The normalized spacial score (nSPS) is 12.9. The highest BCUT2D eigenvalue weighted by atomic mass is 16.7. The number of hydrogen-bond acceptors (Lipinski definition) is 5. The highest BCUT2D eigenvalue weighted by Crippen LogP contribution is 2.19. The van der Waals surface area contributed by atoms with Crippen LogP contribution >= 0.6 is 0 Å². The average molecular weight is 261 g/mol. The van der Waals surface area contributed by atoms with Crippen LogP contribution in [0.2, 0.25) is 0 Å². The lowest BCUT2D eigenvalue weighted by atomic mass is 10.0. The summed E-state index contributed by atoms with van der Waals surface area (Å²) in [6.45, 7) is 8.31. The summed E-state index contributed by atoms with van der Waals surface area (Å²) in [5.41, 5.74) is -0.739. The van der Waals surface area contributed by atoms with E-state index in [0.717, 1.165) is 6.42 Å². The van der Waals surface area contributed by atoms with Crippen molar-refractivity contribution in [2.24, 2.45) is 0 Å². The Kier molecular flexibility index (Phi) is 6.81. The number of methoxy groups -OCH3 is 1. The van der Waals surface area contributed by atoms with Gasteiger partial charge in [-0.15, -0.1) is 5.06 Å². The van der Waals surface area contributed by atoms with Crippen LogP contribution in [0.1, 0.15) is 40.5 Å². The summed E-state index contributed by atoms with van der Waals surface area (Å²) in [6, 6.07) is 0. The smallest absolute Gasteiger partial charge is 0.327 e. The van der Waals surface area contributed by atoms with Gasteiger partial charge in [-0.25, -0.2) is 0 Å². The molecule has 0 aliphatic carbocycles. The van der Waals surface area contributed by atoms with Crippen LogP contribution in [0.15, 0.2) is 0 Å². The standard InChI is InChI=1S/C13H27NO4/c1-12(2,16-7)8-9-17-13(3,4)10-11(15)18-14(5)6/h8-10H2,1-7H3. The molecule has 5 nitrogen and oxygen atoms in total. The molecule has 0 saturated heterocycles. The van der Waals surface area contributed by atoms with E-state index in [-0.39, 0.29) is 18.0 Å². The van der Waals surface area contributed by atoms with E-state index in [2.05, 4.69) is 0 Å². The van der Waals surface area contributed by atoms with E-state index < -0.39 is 5.60 Å². The van der Waals surface area contributed by atoms with Gasteiger partial charge in [0, 0.05) is 21.2 Å². The van der Waals surface area contributed by atoms with E-state index in [1.807, 2.05) is 27.7 Å². The van der Waals surface area contributed by atoms with E-state index in [1.54, 1.807) is 21.2 Å². The van der Waals surface area contributed by atoms with E-state index >= 15 is 0 Å². The summed E-state index contributed by atoms with van der Waals surface area (Å²) in [5, 5.41) is 1.38. The lowest BCUT2D eigenvalue weighted by Gasteiger charge is -2.28. The molecular weight excluding hydrogens is 234 g/mol. The molecule has 0 radical (unpaired) electrons. The first kappa shape index (κ1) is 17.4. The maximum atomic E-state index is 11.5. The molecule has 0 heterocycles. The van der Waals surface area contributed by atoms with Crippen molar-refractivity contribution in [3.8, 4) is 0 Å². The molecule has 108 valence electrons. The lowest BCUT2D eigenvalue weighted by Crippen LogP contribution is -2.33. The molecule has 0 aromatic heterocycles. The highest BCUT2D eigenvalue weighted by Gasteiger charge is 2.26. The zero-order chi connectivity index (χ0) is 14.4. The van der Waals surface area contributed by atoms with Crippen molar-refractivity contribution in [1.82, 2.24) is 5.06 Å². The molecule has 0 N–H and O–H groups in total. The van der Waals surface area contributed by atoms with Crippen LogP contribution in [-0.2, 0) is 19.1 Å². The van der Waals surface area contributed by atoms with E-state index in [1.165, 1.54) is 5.06 Å². The first-order valence-electron chi connectivity index (χ1n) is 6.15. The minimum Gasteiger partial charge on any atom is -0.379 e. The minimum absolute atomic E-state index is 0.208. The highest BCUT2D eigenvalue weighted by molar-refractivity contribution is 5.70. The second kappa shape index (κ2) is 7.07. The van der Waals surface area contributed by atoms with Crippen LogP contribution in [0, 0.1) is 0 Å². The van der Waals surface area contributed by atoms with Crippen molar-refractivity contribution in [3.63, 3.8) is 0 Å². The molecule has 0 amide bonds. The van der Waals surface area contributed by atoms with Crippen molar-refractivity contribution in [2.45, 2.75) is 51.7 Å². The van der Waals surface area contributed by atoms with Crippen LogP contribution in [0.5, 0.6) is 0 Å². The molecule has 0 rings (SSSR count). The third-order valence-electron chi connectivity index (χ3n) is 2.60. The van der Waals surface area contributed by atoms with Gasteiger partial charge in [-0.1, -0.05) is 0 Å². The van der Waals surface area contributed by atoms with E-state index in [4.69, 9.17) is 14.3 Å². The molecular formula is C13H27NO4. The molecule has 0 saturated carbocycles. The molecule has 0 atom stereocenters. The Balaban J connectivity index is 4.04. The topological polar surface area (TPSA) is 48.0 Å². The van der Waals surface area contributed by atoms with Gasteiger partial charge in [0.1, 0.15) is 0 Å². The number of hydroxylamine groups is 2. The second-order valence-electron chi connectivity index (χ2n) is 5.77. The summed E-state index contributed by atoms with van der Waals surface area (Å²) in [7, 11) is 5.03. The average Bonchev–Trinajstić information content (AvgIpc) is 2.14. The lowest BCUT2D eigenvalue weighted by molar-refractivity contribution is -0.184. The maximum absolute atomic E-state index is 11.5. The number of rotatable bonds is 8. The molecule has 0 spiro atoms. The first-order valence-corrected chi connectivity index (χ1v) is 6.15. The Labute approximate surface area is 110 Å². The Morgan fingerprint density at radius 2 is 1.67 bits per heavy atom. The third-order valence-corrected chi connectivity index (χ3v) is 2.60. The van der Waals surface area contributed by atoms with Gasteiger partial charge in [-0.05, 0) is 34.1 Å².